The first-order chi connectivity index (χ1) is 17.8. The highest BCUT2D eigenvalue weighted by molar-refractivity contribution is 5.69. The van der Waals surface area contributed by atoms with Gasteiger partial charge in [-0.25, -0.2) is 9.97 Å². The van der Waals surface area contributed by atoms with Gasteiger partial charge in [-0.2, -0.15) is 13.2 Å². The van der Waals surface area contributed by atoms with Crippen molar-refractivity contribution >= 4 is 5.97 Å². The third-order valence-corrected chi connectivity index (χ3v) is 5.95. The van der Waals surface area contributed by atoms with E-state index in [0.29, 0.717) is 42.5 Å². The van der Waals surface area contributed by atoms with Gasteiger partial charge in [0, 0.05) is 29.7 Å². The molecule has 1 aliphatic rings. The minimum absolute atomic E-state index is 0.224. The number of ether oxygens (including phenoxy) is 3. The van der Waals surface area contributed by atoms with Gasteiger partial charge in [-0.15, -0.1) is 0 Å². The number of esters is 1. The lowest BCUT2D eigenvalue weighted by atomic mass is 10.1. The zero-order valence-electron chi connectivity index (χ0n) is 20.8. The lowest BCUT2D eigenvalue weighted by Crippen LogP contribution is -2.07. The Labute approximate surface area is 213 Å². The standard InChI is InChI=1S/C28H29F3N2O4/c1-3-35-24-15-18(6-14-25(34)36-4-2)5-13-23(24)37-17-21-16-32-27(33-26(21)19-7-8-19)20-9-11-22(12-10-20)28(29,30)31/h5,9-13,15-16,19H,3-4,6-8,14,17H2,1-2H3. The monoisotopic (exact) mass is 514 g/mol. The normalized spacial score (nSPS) is 13.3. The second-order valence-corrected chi connectivity index (χ2v) is 8.76. The number of alkyl halides is 3. The van der Waals surface area contributed by atoms with E-state index in [1.807, 2.05) is 25.1 Å². The van der Waals surface area contributed by atoms with Crippen LogP contribution in [0.4, 0.5) is 13.2 Å². The smallest absolute Gasteiger partial charge is 0.416 e. The molecule has 0 radical (unpaired) electrons. The van der Waals surface area contributed by atoms with Crippen LogP contribution in [0.2, 0.25) is 0 Å². The summed E-state index contributed by atoms with van der Waals surface area (Å²) in [5.41, 5.74) is 2.44. The molecule has 2 aromatic carbocycles. The second-order valence-electron chi connectivity index (χ2n) is 8.76. The molecule has 0 atom stereocenters. The Kier molecular flexibility index (Phi) is 8.31. The molecule has 1 fully saturated rings. The molecule has 9 heteroatoms. The summed E-state index contributed by atoms with van der Waals surface area (Å²) in [5, 5.41) is 0. The molecule has 0 N–H and O–H groups in total. The van der Waals surface area contributed by atoms with E-state index in [0.717, 1.165) is 41.8 Å². The summed E-state index contributed by atoms with van der Waals surface area (Å²) in [6.45, 7) is 4.69. The number of aryl methyl sites for hydroxylation is 1. The first kappa shape index (κ1) is 26.4. The highest BCUT2D eigenvalue weighted by atomic mass is 19.4. The van der Waals surface area contributed by atoms with E-state index in [1.54, 1.807) is 13.1 Å². The highest BCUT2D eigenvalue weighted by Gasteiger charge is 2.31. The maximum absolute atomic E-state index is 12.9. The van der Waals surface area contributed by atoms with E-state index < -0.39 is 11.7 Å². The van der Waals surface area contributed by atoms with Gasteiger partial charge in [-0.3, -0.25) is 4.79 Å². The molecule has 1 aromatic heterocycles. The molecule has 6 nitrogen and oxygen atoms in total. The molecule has 0 amide bonds. The SMILES string of the molecule is CCOC(=O)CCc1ccc(OCc2cnc(-c3ccc(C(F)(F)F)cc3)nc2C2CC2)c(OCC)c1. The molecule has 0 unspecified atom stereocenters. The van der Waals surface area contributed by atoms with E-state index in [9.17, 15) is 18.0 Å². The van der Waals surface area contributed by atoms with Crippen LogP contribution in [0.5, 0.6) is 11.5 Å². The average Bonchev–Trinajstić information content (AvgIpc) is 3.72. The van der Waals surface area contributed by atoms with Gasteiger partial charge in [0.05, 0.1) is 24.5 Å². The van der Waals surface area contributed by atoms with Gasteiger partial charge >= 0.3 is 12.1 Å². The van der Waals surface area contributed by atoms with Crippen molar-refractivity contribution in [3.05, 3.63) is 71.0 Å². The average molecular weight is 515 g/mol. The molecule has 3 aromatic rings. The van der Waals surface area contributed by atoms with Crippen LogP contribution < -0.4 is 9.47 Å². The van der Waals surface area contributed by atoms with Crippen LogP contribution in [0.3, 0.4) is 0 Å². The minimum Gasteiger partial charge on any atom is -0.490 e. The van der Waals surface area contributed by atoms with Crippen molar-refractivity contribution < 1.29 is 32.2 Å². The highest BCUT2D eigenvalue weighted by Crippen LogP contribution is 2.41. The molecule has 1 saturated carbocycles. The Morgan fingerprint density at radius 2 is 1.76 bits per heavy atom. The predicted molar refractivity (Wildman–Crippen MR) is 131 cm³/mol. The minimum atomic E-state index is -4.39. The summed E-state index contributed by atoms with van der Waals surface area (Å²) in [5.74, 6) is 1.58. The molecule has 0 spiro atoms. The third kappa shape index (κ3) is 6.99. The number of nitrogens with zero attached hydrogens (tertiary/aromatic N) is 2. The Bertz CT molecular complexity index is 1230. The summed E-state index contributed by atoms with van der Waals surface area (Å²) >= 11 is 0. The molecule has 0 bridgehead atoms. The summed E-state index contributed by atoms with van der Waals surface area (Å²) in [6, 6.07) is 10.4. The van der Waals surface area contributed by atoms with E-state index >= 15 is 0 Å². The van der Waals surface area contributed by atoms with Crippen LogP contribution in [0.1, 0.15) is 61.4 Å². The number of carbonyl (C=O) groups excluding carboxylic acids is 1. The van der Waals surface area contributed by atoms with Crippen LogP contribution in [-0.2, 0) is 28.7 Å². The van der Waals surface area contributed by atoms with Crippen molar-refractivity contribution in [3.63, 3.8) is 0 Å². The molecular formula is C28H29F3N2O4. The van der Waals surface area contributed by atoms with Gasteiger partial charge in [-0.1, -0.05) is 18.2 Å². The maximum Gasteiger partial charge on any atom is 0.416 e. The van der Waals surface area contributed by atoms with Gasteiger partial charge in [0.25, 0.3) is 0 Å². The van der Waals surface area contributed by atoms with Crippen molar-refractivity contribution in [2.75, 3.05) is 13.2 Å². The Balaban J connectivity index is 1.49. The van der Waals surface area contributed by atoms with Gasteiger partial charge in [0.2, 0.25) is 0 Å². The second kappa shape index (κ2) is 11.6. The van der Waals surface area contributed by atoms with E-state index in [4.69, 9.17) is 19.2 Å². The zero-order chi connectivity index (χ0) is 26.4. The summed E-state index contributed by atoms with van der Waals surface area (Å²) in [4.78, 5) is 20.8. The van der Waals surface area contributed by atoms with Gasteiger partial charge in [0.15, 0.2) is 17.3 Å². The topological polar surface area (TPSA) is 70.5 Å². The van der Waals surface area contributed by atoms with Crippen LogP contribution >= 0.6 is 0 Å². The number of hydrogen-bond acceptors (Lipinski definition) is 6. The number of benzene rings is 2. The molecule has 1 heterocycles. The zero-order valence-corrected chi connectivity index (χ0v) is 20.8. The lowest BCUT2D eigenvalue weighted by molar-refractivity contribution is -0.143. The fraction of sp³-hybridized carbons (Fsp3) is 0.393. The third-order valence-electron chi connectivity index (χ3n) is 5.95. The van der Waals surface area contributed by atoms with Crippen LogP contribution in [-0.4, -0.2) is 29.2 Å². The number of carbonyl (C=O) groups is 1. The van der Waals surface area contributed by atoms with Crippen LogP contribution in [0.15, 0.2) is 48.7 Å². The van der Waals surface area contributed by atoms with Crippen LogP contribution in [0.25, 0.3) is 11.4 Å². The van der Waals surface area contributed by atoms with E-state index in [2.05, 4.69) is 4.98 Å². The molecule has 1 aliphatic carbocycles. The van der Waals surface area contributed by atoms with Gasteiger partial charge < -0.3 is 14.2 Å². The van der Waals surface area contributed by atoms with Crippen molar-refractivity contribution in [2.45, 2.75) is 58.2 Å². The predicted octanol–water partition coefficient (Wildman–Crippen LogP) is 6.51. The first-order valence-electron chi connectivity index (χ1n) is 12.4. The molecule has 196 valence electrons. The first-order valence-corrected chi connectivity index (χ1v) is 12.4. The van der Waals surface area contributed by atoms with Gasteiger partial charge in [0.1, 0.15) is 6.61 Å². The van der Waals surface area contributed by atoms with Crippen molar-refractivity contribution in [1.82, 2.24) is 9.97 Å². The molecule has 4 rings (SSSR count). The number of hydrogen-bond donors (Lipinski definition) is 0. The van der Waals surface area contributed by atoms with Crippen molar-refractivity contribution in [2.24, 2.45) is 0 Å². The summed E-state index contributed by atoms with van der Waals surface area (Å²) in [7, 11) is 0. The molecule has 0 saturated heterocycles. The van der Waals surface area contributed by atoms with Crippen LogP contribution in [0, 0.1) is 0 Å². The Morgan fingerprint density at radius 3 is 2.41 bits per heavy atom. The Morgan fingerprint density at radius 1 is 1.00 bits per heavy atom. The fourth-order valence-corrected chi connectivity index (χ4v) is 3.92. The summed E-state index contributed by atoms with van der Waals surface area (Å²) < 4.78 is 55.6. The van der Waals surface area contributed by atoms with Gasteiger partial charge in [-0.05, 0) is 62.9 Å². The lowest BCUT2D eigenvalue weighted by Gasteiger charge is -2.15. The molecule has 0 aliphatic heterocycles. The quantitative estimate of drug-likeness (QED) is 0.272. The Hall–Kier alpha value is -3.62. The number of aromatic nitrogens is 2. The van der Waals surface area contributed by atoms with E-state index in [-0.39, 0.29) is 24.9 Å². The summed E-state index contributed by atoms with van der Waals surface area (Å²) in [6.07, 6.45) is 0.101. The molecular weight excluding hydrogens is 485 g/mol. The fourth-order valence-electron chi connectivity index (χ4n) is 3.92. The van der Waals surface area contributed by atoms with Crippen molar-refractivity contribution in [3.8, 4) is 22.9 Å². The number of halogens is 3. The van der Waals surface area contributed by atoms with Crippen molar-refractivity contribution in [1.29, 1.82) is 0 Å². The number of rotatable bonds is 11. The molecule has 37 heavy (non-hydrogen) atoms. The largest absolute Gasteiger partial charge is 0.490 e. The van der Waals surface area contributed by atoms with E-state index in [1.165, 1.54) is 12.1 Å². The maximum atomic E-state index is 12.9.